The molecule has 16 heavy (non-hydrogen) atoms. The summed E-state index contributed by atoms with van der Waals surface area (Å²) >= 11 is 0. The van der Waals surface area contributed by atoms with Gasteiger partial charge < -0.3 is 4.57 Å². The maximum Gasteiger partial charge on any atom is 0.177 e. The molecule has 1 fully saturated rings. The van der Waals surface area contributed by atoms with E-state index >= 15 is 0 Å². The van der Waals surface area contributed by atoms with Gasteiger partial charge in [-0.3, -0.25) is 0 Å². The lowest BCUT2D eigenvalue weighted by Crippen LogP contribution is -2.01. The molecule has 4 nitrogen and oxygen atoms in total. The van der Waals surface area contributed by atoms with Gasteiger partial charge in [0.25, 0.3) is 0 Å². The number of hydrogen-bond acceptors (Lipinski definition) is 3. The maximum absolute atomic E-state index is 11.7. The van der Waals surface area contributed by atoms with Crippen molar-refractivity contribution in [3.05, 3.63) is 24.5 Å². The molecule has 0 amide bonds. The predicted molar refractivity (Wildman–Crippen MR) is 61.1 cm³/mol. The molecule has 1 aliphatic rings. The first-order chi connectivity index (χ1) is 7.57. The van der Waals surface area contributed by atoms with E-state index < -0.39 is 9.84 Å². The SMILES string of the molecule is CS(=O)(=O)c1cccc2ncn(C3CC3)c12. The highest BCUT2D eigenvalue weighted by atomic mass is 32.2. The van der Waals surface area contributed by atoms with Crippen LogP contribution in [0.1, 0.15) is 18.9 Å². The minimum absolute atomic E-state index is 0.384. The largest absolute Gasteiger partial charge is 0.326 e. The molecule has 0 radical (unpaired) electrons. The summed E-state index contributed by atoms with van der Waals surface area (Å²) in [6.07, 6.45) is 5.22. The van der Waals surface area contributed by atoms with Crippen molar-refractivity contribution in [1.29, 1.82) is 0 Å². The molecule has 0 aliphatic heterocycles. The van der Waals surface area contributed by atoms with E-state index in [-0.39, 0.29) is 0 Å². The Hall–Kier alpha value is -1.36. The second-order valence-electron chi connectivity index (χ2n) is 4.28. The van der Waals surface area contributed by atoms with E-state index in [2.05, 4.69) is 4.98 Å². The number of fused-ring (bicyclic) bond motifs is 1. The molecule has 3 rings (SSSR count). The van der Waals surface area contributed by atoms with Crippen LogP contribution in [0, 0.1) is 0 Å². The van der Waals surface area contributed by atoms with Gasteiger partial charge in [0.1, 0.15) is 0 Å². The second kappa shape index (κ2) is 3.07. The lowest BCUT2D eigenvalue weighted by atomic mass is 10.3. The Labute approximate surface area is 93.8 Å². The lowest BCUT2D eigenvalue weighted by Gasteiger charge is -2.05. The van der Waals surface area contributed by atoms with Crippen molar-refractivity contribution >= 4 is 20.9 Å². The molecule has 0 unspecified atom stereocenters. The van der Waals surface area contributed by atoms with Crippen molar-refractivity contribution in [2.75, 3.05) is 6.26 Å². The van der Waals surface area contributed by atoms with Gasteiger partial charge in [0.05, 0.1) is 22.3 Å². The van der Waals surface area contributed by atoms with Gasteiger partial charge in [0, 0.05) is 12.3 Å². The topological polar surface area (TPSA) is 52.0 Å². The number of aromatic nitrogens is 2. The zero-order chi connectivity index (χ0) is 11.3. The van der Waals surface area contributed by atoms with Gasteiger partial charge in [-0.2, -0.15) is 0 Å². The number of rotatable bonds is 2. The molecular formula is C11H12N2O2S. The molecule has 1 heterocycles. The Morgan fingerprint density at radius 2 is 2.12 bits per heavy atom. The van der Waals surface area contributed by atoms with Crippen LogP contribution in [0.25, 0.3) is 11.0 Å². The third-order valence-electron chi connectivity index (χ3n) is 2.90. The van der Waals surface area contributed by atoms with E-state index in [0.29, 0.717) is 10.9 Å². The van der Waals surface area contributed by atoms with Crippen molar-refractivity contribution < 1.29 is 8.42 Å². The first-order valence-electron chi connectivity index (χ1n) is 5.23. The van der Waals surface area contributed by atoms with Crippen LogP contribution in [0.2, 0.25) is 0 Å². The molecule has 1 aliphatic carbocycles. The smallest absolute Gasteiger partial charge is 0.177 e. The summed E-state index contributed by atoms with van der Waals surface area (Å²) in [5.74, 6) is 0. The van der Waals surface area contributed by atoms with Crippen LogP contribution in [0.15, 0.2) is 29.4 Å². The van der Waals surface area contributed by atoms with Gasteiger partial charge in [-0.15, -0.1) is 0 Å². The standard InChI is InChI=1S/C11H12N2O2S/c1-16(14,15)10-4-2-3-9-11(10)13(7-12-9)8-5-6-8/h2-4,7-8H,5-6H2,1H3. The third-order valence-corrected chi connectivity index (χ3v) is 4.03. The molecule has 1 aromatic heterocycles. The van der Waals surface area contributed by atoms with Crippen LogP contribution >= 0.6 is 0 Å². The Kier molecular flexibility index (Phi) is 1.89. The van der Waals surface area contributed by atoms with Gasteiger partial charge in [0.2, 0.25) is 0 Å². The monoisotopic (exact) mass is 236 g/mol. The van der Waals surface area contributed by atoms with Gasteiger partial charge in [-0.1, -0.05) is 6.07 Å². The molecule has 84 valence electrons. The highest BCUT2D eigenvalue weighted by Gasteiger charge is 2.27. The summed E-state index contributed by atoms with van der Waals surface area (Å²) in [7, 11) is -3.19. The van der Waals surface area contributed by atoms with E-state index in [9.17, 15) is 8.42 Å². The lowest BCUT2D eigenvalue weighted by molar-refractivity contribution is 0.602. The summed E-state index contributed by atoms with van der Waals surface area (Å²) in [6.45, 7) is 0. The third kappa shape index (κ3) is 1.43. The first-order valence-corrected chi connectivity index (χ1v) is 7.12. The van der Waals surface area contributed by atoms with Crippen LogP contribution in [0.4, 0.5) is 0 Å². The maximum atomic E-state index is 11.7. The Balaban J connectivity index is 2.39. The Morgan fingerprint density at radius 3 is 2.75 bits per heavy atom. The summed E-state index contributed by atoms with van der Waals surface area (Å²) in [5, 5.41) is 0. The average molecular weight is 236 g/mol. The molecule has 1 aromatic carbocycles. The Morgan fingerprint density at radius 1 is 1.38 bits per heavy atom. The van der Waals surface area contributed by atoms with Gasteiger partial charge >= 0.3 is 0 Å². The second-order valence-corrected chi connectivity index (χ2v) is 6.26. The van der Waals surface area contributed by atoms with Crippen molar-refractivity contribution in [2.24, 2.45) is 0 Å². The number of imidazole rings is 1. The van der Waals surface area contributed by atoms with Crippen molar-refractivity contribution in [3.8, 4) is 0 Å². The zero-order valence-electron chi connectivity index (χ0n) is 8.92. The number of nitrogens with zero attached hydrogens (tertiary/aromatic N) is 2. The predicted octanol–water partition coefficient (Wildman–Crippen LogP) is 1.77. The van der Waals surface area contributed by atoms with E-state index in [4.69, 9.17) is 0 Å². The number of hydrogen-bond donors (Lipinski definition) is 0. The average Bonchev–Trinajstić information content (AvgIpc) is 2.96. The fraction of sp³-hybridized carbons (Fsp3) is 0.364. The number of benzene rings is 1. The summed E-state index contributed by atoms with van der Waals surface area (Å²) < 4.78 is 25.4. The van der Waals surface area contributed by atoms with Crippen molar-refractivity contribution in [3.63, 3.8) is 0 Å². The van der Waals surface area contributed by atoms with E-state index in [1.807, 2.05) is 10.6 Å². The van der Waals surface area contributed by atoms with Gasteiger partial charge in [-0.25, -0.2) is 13.4 Å². The molecular weight excluding hydrogens is 224 g/mol. The highest BCUT2D eigenvalue weighted by molar-refractivity contribution is 7.91. The quantitative estimate of drug-likeness (QED) is 0.798. The molecule has 5 heteroatoms. The fourth-order valence-corrected chi connectivity index (χ4v) is 2.87. The molecule has 0 N–H and O–H groups in total. The van der Waals surface area contributed by atoms with Crippen LogP contribution in [0.3, 0.4) is 0 Å². The molecule has 0 spiro atoms. The number of para-hydroxylation sites is 1. The summed E-state index contributed by atoms with van der Waals surface area (Å²) in [6, 6.07) is 5.68. The van der Waals surface area contributed by atoms with Crippen LogP contribution in [0.5, 0.6) is 0 Å². The summed E-state index contributed by atoms with van der Waals surface area (Å²) in [5.41, 5.74) is 1.52. The minimum atomic E-state index is -3.19. The summed E-state index contributed by atoms with van der Waals surface area (Å²) in [4.78, 5) is 4.64. The normalized spacial score (nSPS) is 16.8. The Bertz CT molecular complexity index is 654. The molecule has 1 saturated carbocycles. The minimum Gasteiger partial charge on any atom is -0.326 e. The first kappa shape index (κ1) is 9.84. The van der Waals surface area contributed by atoms with Crippen LogP contribution < -0.4 is 0 Å². The number of sulfone groups is 1. The fourth-order valence-electron chi connectivity index (χ4n) is 1.99. The van der Waals surface area contributed by atoms with Crippen LogP contribution in [-0.4, -0.2) is 24.2 Å². The molecule has 0 bridgehead atoms. The van der Waals surface area contributed by atoms with Crippen molar-refractivity contribution in [2.45, 2.75) is 23.8 Å². The zero-order valence-corrected chi connectivity index (χ0v) is 9.74. The molecule has 0 saturated heterocycles. The highest BCUT2D eigenvalue weighted by Crippen LogP contribution is 2.38. The van der Waals surface area contributed by atoms with E-state index in [0.717, 1.165) is 23.9 Å². The van der Waals surface area contributed by atoms with Gasteiger partial charge in [0.15, 0.2) is 9.84 Å². The molecule has 2 aromatic rings. The van der Waals surface area contributed by atoms with Gasteiger partial charge in [-0.05, 0) is 25.0 Å². The van der Waals surface area contributed by atoms with Crippen LogP contribution in [-0.2, 0) is 9.84 Å². The van der Waals surface area contributed by atoms with E-state index in [1.165, 1.54) is 6.26 Å². The van der Waals surface area contributed by atoms with Crippen molar-refractivity contribution in [1.82, 2.24) is 9.55 Å². The molecule has 0 atom stereocenters. The van der Waals surface area contributed by atoms with E-state index in [1.54, 1.807) is 18.5 Å².